The zero-order chi connectivity index (χ0) is 15.8. The Morgan fingerprint density at radius 2 is 2.00 bits per heavy atom. The number of nitrogens with zero attached hydrogens (tertiary/aromatic N) is 3. The number of carbonyl (C=O) groups excluding carboxylic acids is 1. The first kappa shape index (κ1) is 15.1. The molecule has 3 heterocycles. The molecule has 0 aliphatic carbocycles. The van der Waals surface area contributed by atoms with Crippen molar-refractivity contribution in [2.45, 2.75) is 39.2 Å². The van der Waals surface area contributed by atoms with Gasteiger partial charge in [0.2, 0.25) is 0 Å². The Labute approximate surface area is 132 Å². The average molecular weight is 303 g/mol. The summed E-state index contributed by atoms with van der Waals surface area (Å²) >= 11 is 0. The Hall–Kier alpha value is -1.78. The summed E-state index contributed by atoms with van der Waals surface area (Å²) in [6.07, 6.45) is 3.82. The quantitative estimate of drug-likeness (QED) is 0.800. The molecular weight excluding hydrogens is 278 g/mol. The van der Waals surface area contributed by atoms with Crippen LogP contribution in [0.4, 0.5) is 10.6 Å². The Bertz CT molecular complexity index is 541. The van der Waals surface area contributed by atoms with E-state index in [1.54, 1.807) is 0 Å². The average Bonchev–Trinajstić information content (AvgIpc) is 3.06. The highest BCUT2D eigenvalue weighted by molar-refractivity contribution is 5.68. The summed E-state index contributed by atoms with van der Waals surface area (Å²) in [6, 6.07) is 6.02. The van der Waals surface area contributed by atoms with E-state index in [4.69, 9.17) is 4.74 Å². The van der Waals surface area contributed by atoms with Crippen molar-refractivity contribution in [3.8, 4) is 0 Å². The number of anilines is 1. The van der Waals surface area contributed by atoms with Gasteiger partial charge in [-0.15, -0.1) is 0 Å². The van der Waals surface area contributed by atoms with Gasteiger partial charge in [-0.1, -0.05) is 6.07 Å². The normalized spacial score (nSPS) is 25.0. The Kier molecular flexibility index (Phi) is 3.75. The Balaban J connectivity index is 1.62. The van der Waals surface area contributed by atoms with Crippen LogP contribution in [-0.2, 0) is 4.74 Å². The number of pyridine rings is 1. The van der Waals surface area contributed by atoms with Crippen LogP contribution in [0.15, 0.2) is 24.4 Å². The maximum Gasteiger partial charge on any atom is 0.410 e. The van der Waals surface area contributed by atoms with Crippen LogP contribution >= 0.6 is 0 Å². The first-order chi connectivity index (χ1) is 10.4. The number of hydrogen-bond acceptors (Lipinski definition) is 4. The minimum atomic E-state index is -0.428. The molecule has 2 saturated heterocycles. The molecule has 1 aromatic rings. The number of hydrogen-bond donors (Lipinski definition) is 0. The minimum absolute atomic E-state index is 0.180. The smallest absolute Gasteiger partial charge is 0.410 e. The summed E-state index contributed by atoms with van der Waals surface area (Å²) in [7, 11) is 0. The molecule has 1 amide bonds. The van der Waals surface area contributed by atoms with Crippen LogP contribution in [0, 0.1) is 5.41 Å². The molecule has 3 rings (SSSR count). The molecular formula is C17H25N3O2. The van der Waals surface area contributed by atoms with Crippen molar-refractivity contribution in [2.75, 3.05) is 31.1 Å². The van der Waals surface area contributed by atoms with E-state index in [9.17, 15) is 4.79 Å². The van der Waals surface area contributed by atoms with Crippen LogP contribution in [0.25, 0.3) is 0 Å². The summed E-state index contributed by atoms with van der Waals surface area (Å²) in [5.74, 6) is 1.04. The number of carbonyl (C=O) groups is 1. The van der Waals surface area contributed by atoms with Crippen LogP contribution in [0.5, 0.6) is 0 Å². The summed E-state index contributed by atoms with van der Waals surface area (Å²) < 4.78 is 5.50. The van der Waals surface area contributed by atoms with E-state index in [1.165, 1.54) is 0 Å². The predicted octanol–water partition coefficient (Wildman–Crippen LogP) is 2.92. The van der Waals surface area contributed by atoms with Gasteiger partial charge in [0, 0.05) is 37.8 Å². The minimum Gasteiger partial charge on any atom is -0.444 e. The molecule has 120 valence electrons. The van der Waals surface area contributed by atoms with Crippen molar-refractivity contribution in [3.63, 3.8) is 0 Å². The van der Waals surface area contributed by atoms with Crippen molar-refractivity contribution in [3.05, 3.63) is 24.4 Å². The van der Waals surface area contributed by atoms with Gasteiger partial charge in [0.05, 0.1) is 0 Å². The Morgan fingerprint density at radius 3 is 2.68 bits per heavy atom. The molecule has 5 nitrogen and oxygen atoms in total. The van der Waals surface area contributed by atoms with Gasteiger partial charge >= 0.3 is 6.09 Å². The second-order valence-electron chi connectivity index (χ2n) is 7.51. The van der Waals surface area contributed by atoms with Gasteiger partial charge in [0.25, 0.3) is 0 Å². The molecule has 0 aromatic carbocycles. The molecule has 1 atom stereocenters. The lowest BCUT2D eigenvalue weighted by Gasteiger charge is -2.27. The summed E-state index contributed by atoms with van der Waals surface area (Å²) in [5.41, 5.74) is -0.225. The van der Waals surface area contributed by atoms with Crippen molar-refractivity contribution in [2.24, 2.45) is 5.41 Å². The van der Waals surface area contributed by atoms with Crippen LogP contribution in [0.2, 0.25) is 0 Å². The van der Waals surface area contributed by atoms with Gasteiger partial charge in [-0.05, 0) is 45.7 Å². The lowest BCUT2D eigenvalue weighted by molar-refractivity contribution is 0.0276. The third kappa shape index (κ3) is 3.18. The fourth-order valence-corrected chi connectivity index (χ4v) is 3.42. The first-order valence-corrected chi connectivity index (χ1v) is 8.01. The predicted molar refractivity (Wildman–Crippen MR) is 85.9 cm³/mol. The molecule has 5 heteroatoms. The standard InChI is InChI=1S/C17H25N3O2/c1-16(2,3)22-15(21)20-11-8-17(13-20)7-10-19(12-17)14-6-4-5-9-18-14/h4-6,9H,7-8,10-13H2,1-3H3. The van der Waals surface area contributed by atoms with E-state index in [0.29, 0.717) is 0 Å². The molecule has 0 bridgehead atoms. The topological polar surface area (TPSA) is 45.7 Å². The number of likely N-dealkylation sites (tertiary alicyclic amines) is 1. The monoisotopic (exact) mass is 303 g/mol. The largest absolute Gasteiger partial charge is 0.444 e. The van der Waals surface area contributed by atoms with Crippen LogP contribution < -0.4 is 4.90 Å². The SMILES string of the molecule is CC(C)(C)OC(=O)N1CCC2(CCN(c3ccccn3)C2)C1. The van der Waals surface area contributed by atoms with Crippen molar-refractivity contribution in [1.82, 2.24) is 9.88 Å². The molecule has 1 aromatic heterocycles. The van der Waals surface area contributed by atoms with Gasteiger partial charge in [-0.25, -0.2) is 9.78 Å². The fraction of sp³-hybridized carbons (Fsp3) is 0.647. The van der Waals surface area contributed by atoms with E-state index in [-0.39, 0.29) is 11.5 Å². The summed E-state index contributed by atoms with van der Waals surface area (Å²) in [6.45, 7) is 9.32. The van der Waals surface area contributed by atoms with E-state index in [0.717, 1.165) is 44.8 Å². The third-order valence-electron chi connectivity index (χ3n) is 4.50. The highest BCUT2D eigenvalue weighted by Gasteiger charge is 2.45. The molecule has 2 aliphatic rings. The van der Waals surface area contributed by atoms with E-state index in [1.807, 2.05) is 44.0 Å². The summed E-state index contributed by atoms with van der Waals surface area (Å²) in [4.78, 5) is 20.9. The Morgan fingerprint density at radius 1 is 1.23 bits per heavy atom. The van der Waals surface area contributed by atoms with Gasteiger partial charge in [-0.2, -0.15) is 0 Å². The second kappa shape index (κ2) is 5.45. The second-order valence-corrected chi connectivity index (χ2v) is 7.51. The van der Waals surface area contributed by atoms with Gasteiger partial charge in [-0.3, -0.25) is 0 Å². The van der Waals surface area contributed by atoms with Crippen LogP contribution in [0.1, 0.15) is 33.6 Å². The van der Waals surface area contributed by atoms with Gasteiger partial charge in [0.1, 0.15) is 11.4 Å². The van der Waals surface area contributed by atoms with E-state index < -0.39 is 5.60 Å². The lowest BCUT2D eigenvalue weighted by Crippen LogP contribution is -2.37. The van der Waals surface area contributed by atoms with Gasteiger partial charge < -0.3 is 14.5 Å². The van der Waals surface area contributed by atoms with E-state index in [2.05, 4.69) is 16.0 Å². The molecule has 0 saturated carbocycles. The number of ether oxygens (including phenoxy) is 1. The first-order valence-electron chi connectivity index (χ1n) is 8.01. The maximum absolute atomic E-state index is 12.2. The highest BCUT2D eigenvalue weighted by Crippen LogP contribution is 2.41. The molecule has 22 heavy (non-hydrogen) atoms. The maximum atomic E-state index is 12.2. The molecule has 0 radical (unpaired) electrons. The van der Waals surface area contributed by atoms with Crippen LogP contribution in [-0.4, -0.2) is 47.8 Å². The fourth-order valence-electron chi connectivity index (χ4n) is 3.42. The van der Waals surface area contributed by atoms with Gasteiger partial charge in [0.15, 0.2) is 0 Å². The molecule has 1 unspecified atom stereocenters. The molecule has 1 spiro atoms. The number of rotatable bonds is 1. The third-order valence-corrected chi connectivity index (χ3v) is 4.50. The van der Waals surface area contributed by atoms with Crippen molar-refractivity contribution >= 4 is 11.9 Å². The van der Waals surface area contributed by atoms with E-state index >= 15 is 0 Å². The lowest BCUT2D eigenvalue weighted by atomic mass is 9.86. The molecule has 2 aliphatic heterocycles. The van der Waals surface area contributed by atoms with Crippen molar-refractivity contribution < 1.29 is 9.53 Å². The number of aromatic nitrogens is 1. The molecule has 0 N–H and O–H groups in total. The highest BCUT2D eigenvalue weighted by atomic mass is 16.6. The zero-order valence-electron chi connectivity index (χ0n) is 13.7. The van der Waals surface area contributed by atoms with Crippen LogP contribution in [0.3, 0.4) is 0 Å². The summed E-state index contributed by atoms with van der Waals surface area (Å²) in [5, 5.41) is 0. The zero-order valence-corrected chi connectivity index (χ0v) is 13.7. The number of amides is 1. The van der Waals surface area contributed by atoms with Crippen molar-refractivity contribution in [1.29, 1.82) is 0 Å². The molecule has 2 fully saturated rings.